The average Bonchev–Trinajstić information content (AvgIpc) is 2.37. The molecule has 102 valence electrons. The van der Waals surface area contributed by atoms with Crippen molar-refractivity contribution in [2.75, 3.05) is 7.11 Å². The fourth-order valence-corrected chi connectivity index (χ4v) is 2.20. The number of benzene rings is 1. The van der Waals surface area contributed by atoms with Gasteiger partial charge in [0.15, 0.2) is 0 Å². The number of rotatable bonds is 7. The molecule has 0 saturated heterocycles. The molecule has 0 aliphatic heterocycles. The molecular weight excluding hydrogens is 255 g/mol. The summed E-state index contributed by atoms with van der Waals surface area (Å²) in [6.07, 6.45) is 2.40. The summed E-state index contributed by atoms with van der Waals surface area (Å²) in [4.78, 5) is 0. The second kappa shape index (κ2) is 7.69. The van der Waals surface area contributed by atoms with Gasteiger partial charge in [-0.2, -0.15) is 0 Å². The molecule has 2 unspecified atom stereocenters. The van der Waals surface area contributed by atoms with E-state index in [0.29, 0.717) is 11.4 Å². The first-order valence-electron chi connectivity index (χ1n) is 6.05. The van der Waals surface area contributed by atoms with E-state index >= 15 is 0 Å². The van der Waals surface area contributed by atoms with Crippen LogP contribution in [0.3, 0.4) is 0 Å². The normalized spacial score (nSPS) is 14.5. The van der Waals surface area contributed by atoms with Crippen LogP contribution in [0.15, 0.2) is 18.2 Å². The average molecular weight is 275 g/mol. The number of methoxy groups -OCH3 is 1. The third-order valence-electron chi connectivity index (χ3n) is 2.99. The number of ether oxygens (including phenoxy) is 1. The minimum atomic E-state index is -0.297. The molecule has 1 aromatic rings. The van der Waals surface area contributed by atoms with Crippen molar-refractivity contribution in [2.24, 2.45) is 5.84 Å². The fourth-order valence-electron chi connectivity index (χ4n) is 2.00. The SMILES string of the molecule is CCCC(OC)C(Cc1cc(F)ccc1Cl)NN. The van der Waals surface area contributed by atoms with Gasteiger partial charge in [-0.1, -0.05) is 24.9 Å². The van der Waals surface area contributed by atoms with Crippen molar-refractivity contribution in [3.63, 3.8) is 0 Å². The molecule has 0 amide bonds. The first-order valence-corrected chi connectivity index (χ1v) is 6.43. The van der Waals surface area contributed by atoms with Crippen LogP contribution in [0.2, 0.25) is 5.02 Å². The zero-order valence-electron chi connectivity index (χ0n) is 10.7. The van der Waals surface area contributed by atoms with Crippen LogP contribution in [0.4, 0.5) is 4.39 Å². The lowest BCUT2D eigenvalue weighted by Gasteiger charge is -2.25. The minimum absolute atomic E-state index is 0.0145. The van der Waals surface area contributed by atoms with Crippen LogP contribution in [-0.4, -0.2) is 19.3 Å². The third-order valence-corrected chi connectivity index (χ3v) is 3.36. The molecule has 0 heterocycles. The van der Waals surface area contributed by atoms with Gasteiger partial charge in [0.25, 0.3) is 0 Å². The molecule has 3 nitrogen and oxygen atoms in total. The van der Waals surface area contributed by atoms with E-state index in [-0.39, 0.29) is 18.0 Å². The Morgan fingerprint density at radius 1 is 1.50 bits per heavy atom. The van der Waals surface area contributed by atoms with Crippen LogP contribution in [0, 0.1) is 5.82 Å². The highest BCUT2D eigenvalue weighted by Crippen LogP contribution is 2.20. The minimum Gasteiger partial charge on any atom is -0.380 e. The van der Waals surface area contributed by atoms with Crippen molar-refractivity contribution >= 4 is 11.6 Å². The van der Waals surface area contributed by atoms with Crippen molar-refractivity contribution in [3.05, 3.63) is 34.6 Å². The summed E-state index contributed by atoms with van der Waals surface area (Å²) in [5, 5.41) is 0.544. The number of halogens is 2. The number of nitrogens with two attached hydrogens (primary N) is 1. The van der Waals surface area contributed by atoms with Gasteiger partial charge in [-0.25, -0.2) is 4.39 Å². The molecule has 0 radical (unpaired) electrons. The van der Waals surface area contributed by atoms with Crippen molar-refractivity contribution in [3.8, 4) is 0 Å². The van der Waals surface area contributed by atoms with Gasteiger partial charge in [0.2, 0.25) is 0 Å². The van der Waals surface area contributed by atoms with E-state index in [1.807, 2.05) is 0 Å². The summed E-state index contributed by atoms with van der Waals surface area (Å²) in [5.41, 5.74) is 3.46. The maximum absolute atomic E-state index is 13.2. The highest BCUT2D eigenvalue weighted by molar-refractivity contribution is 6.31. The third kappa shape index (κ3) is 4.21. The standard InChI is InChI=1S/C13H20ClFN2O/c1-3-4-13(18-2)12(17-16)8-9-7-10(15)5-6-11(9)14/h5-7,12-13,17H,3-4,8,16H2,1-2H3. The molecule has 0 spiro atoms. The van der Waals surface area contributed by atoms with E-state index in [2.05, 4.69) is 12.3 Å². The largest absolute Gasteiger partial charge is 0.380 e. The van der Waals surface area contributed by atoms with Crippen LogP contribution in [-0.2, 0) is 11.2 Å². The summed E-state index contributed by atoms with van der Waals surface area (Å²) in [6, 6.07) is 4.25. The molecule has 0 aliphatic rings. The number of hydrazine groups is 1. The Hall–Kier alpha value is -0.680. The van der Waals surface area contributed by atoms with Crippen molar-refractivity contribution in [1.29, 1.82) is 0 Å². The Morgan fingerprint density at radius 2 is 2.22 bits per heavy atom. The van der Waals surface area contributed by atoms with Gasteiger partial charge < -0.3 is 4.74 Å². The van der Waals surface area contributed by atoms with Crippen LogP contribution >= 0.6 is 11.6 Å². The summed E-state index contributed by atoms with van der Waals surface area (Å²) in [6.45, 7) is 2.08. The lowest BCUT2D eigenvalue weighted by Crippen LogP contribution is -2.46. The van der Waals surface area contributed by atoms with E-state index in [4.69, 9.17) is 22.2 Å². The first-order chi connectivity index (χ1) is 8.62. The molecule has 0 aromatic heterocycles. The van der Waals surface area contributed by atoms with Crippen LogP contribution in [0.5, 0.6) is 0 Å². The lowest BCUT2D eigenvalue weighted by molar-refractivity contribution is 0.0609. The van der Waals surface area contributed by atoms with E-state index in [0.717, 1.165) is 18.4 Å². The quantitative estimate of drug-likeness (QED) is 0.594. The summed E-state index contributed by atoms with van der Waals surface area (Å²) < 4.78 is 18.6. The summed E-state index contributed by atoms with van der Waals surface area (Å²) in [5.74, 6) is 5.25. The molecule has 3 N–H and O–H groups in total. The first kappa shape index (κ1) is 15.4. The predicted octanol–water partition coefficient (Wildman–Crippen LogP) is 2.67. The smallest absolute Gasteiger partial charge is 0.123 e. The van der Waals surface area contributed by atoms with Crippen molar-refractivity contribution < 1.29 is 9.13 Å². The van der Waals surface area contributed by atoms with Gasteiger partial charge in [-0.3, -0.25) is 11.3 Å². The van der Waals surface area contributed by atoms with E-state index in [9.17, 15) is 4.39 Å². The van der Waals surface area contributed by atoms with Crippen molar-refractivity contribution in [2.45, 2.75) is 38.3 Å². The fraction of sp³-hybridized carbons (Fsp3) is 0.538. The molecule has 0 aliphatic carbocycles. The Morgan fingerprint density at radius 3 is 2.78 bits per heavy atom. The molecular formula is C13H20ClFN2O. The molecule has 0 fully saturated rings. The van der Waals surface area contributed by atoms with Crippen LogP contribution in [0.1, 0.15) is 25.3 Å². The maximum Gasteiger partial charge on any atom is 0.123 e. The lowest BCUT2D eigenvalue weighted by atomic mass is 9.98. The maximum atomic E-state index is 13.2. The molecule has 5 heteroatoms. The van der Waals surface area contributed by atoms with Crippen molar-refractivity contribution in [1.82, 2.24) is 5.43 Å². The van der Waals surface area contributed by atoms with Gasteiger partial charge in [0.05, 0.1) is 12.1 Å². The Bertz CT molecular complexity index is 376. The molecule has 1 rings (SSSR count). The van der Waals surface area contributed by atoms with Gasteiger partial charge >= 0.3 is 0 Å². The number of hydrogen-bond acceptors (Lipinski definition) is 3. The van der Waals surface area contributed by atoms with E-state index in [1.165, 1.54) is 12.1 Å². The van der Waals surface area contributed by atoms with E-state index < -0.39 is 0 Å². The Balaban J connectivity index is 2.81. The summed E-state index contributed by atoms with van der Waals surface area (Å²) >= 11 is 6.05. The molecule has 1 aromatic carbocycles. The predicted molar refractivity (Wildman–Crippen MR) is 71.9 cm³/mol. The zero-order chi connectivity index (χ0) is 13.5. The topological polar surface area (TPSA) is 47.3 Å². The van der Waals surface area contributed by atoms with Gasteiger partial charge in [0, 0.05) is 12.1 Å². The highest BCUT2D eigenvalue weighted by Gasteiger charge is 2.20. The second-order valence-corrected chi connectivity index (χ2v) is 4.68. The van der Waals surface area contributed by atoms with Gasteiger partial charge in [-0.05, 0) is 36.6 Å². The monoisotopic (exact) mass is 274 g/mol. The van der Waals surface area contributed by atoms with Crippen LogP contribution < -0.4 is 11.3 Å². The molecule has 2 atom stereocenters. The molecule has 18 heavy (non-hydrogen) atoms. The van der Waals surface area contributed by atoms with Crippen LogP contribution in [0.25, 0.3) is 0 Å². The Labute approximate surface area is 112 Å². The van der Waals surface area contributed by atoms with Gasteiger partial charge in [-0.15, -0.1) is 0 Å². The summed E-state index contributed by atoms with van der Waals surface area (Å²) in [7, 11) is 1.65. The van der Waals surface area contributed by atoms with E-state index in [1.54, 1.807) is 13.2 Å². The van der Waals surface area contributed by atoms with Gasteiger partial charge in [0.1, 0.15) is 5.82 Å². The number of nitrogens with one attached hydrogen (secondary N) is 1. The molecule has 0 saturated carbocycles. The second-order valence-electron chi connectivity index (χ2n) is 4.28. The zero-order valence-corrected chi connectivity index (χ0v) is 11.5. The Kier molecular flexibility index (Phi) is 6.57. The molecule has 0 bridgehead atoms. The highest BCUT2D eigenvalue weighted by atomic mass is 35.5. The number of hydrogen-bond donors (Lipinski definition) is 2.